The van der Waals surface area contributed by atoms with E-state index >= 15 is 0 Å². The molecule has 6 nitrogen and oxygen atoms in total. The zero-order valence-corrected chi connectivity index (χ0v) is 32.5. The fraction of sp³-hybridized carbons (Fsp3) is 1.00. The van der Waals surface area contributed by atoms with Crippen molar-refractivity contribution in [3.63, 3.8) is 0 Å². The van der Waals surface area contributed by atoms with Crippen molar-refractivity contribution in [3.8, 4) is 0 Å². The van der Waals surface area contributed by atoms with Gasteiger partial charge in [0.25, 0.3) is 0 Å². The predicted octanol–water partition coefficient (Wildman–Crippen LogP) is 12.6. The SMILES string of the molecule is CCCCCCCCCCCCCCCCCCO[P+](=O)[O-].CCCCCCCCCCCCCCCCCCO[P+](=O)[O-].[Ni+2]. The minimum Gasteiger partial charge on any atom is -0.566 e. The summed E-state index contributed by atoms with van der Waals surface area (Å²) < 4.78 is 29.4. The van der Waals surface area contributed by atoms with Crippen LogP contribution in [0.1, 0.15) is 219 Å². The third kappa shape index (κ3) is 54.3. The van der Waals surface area contributed by atoms with Gasteiger partial charge in [-0.05, 0) is 22.0 Å². The van der Waals surface area contributed by atoms with Crippen LogP contribution in [0.2, 0.25) is 0 Å². The topological polar surface area (TPSA) is 98.7 Å². The Labute approximate surface area is 292 Å². The van der Waals surface area contributed by atoms with Crippen molar-refractivity contribution in [3.05, 3.63) is 0 Å². The van der Waals surface area contributed by atoms with Gasteiger partial charge in [0, 0.05) is 0 Å². The summed E-state index contributed by atoms with van der Waals surface area (Å²) in [5.41, 5.74) is 0. The van der Waals surface area contributed by atoms with E-state index in [1.165, 1.54) is 180 Å². The maximum atomic E-state index is 10.2. The number of unbranched alkanes of at least 4 members (excludes halogenated alkanes) is 30. The number of rotatable bonds is 36. The number of hydrogen-bond donors (Lipinski definition) is 0. The maximum absolute atomic E-state index is 10.2. The molecule has 0 aliphatic rings. The molecule has 0 bridgehead atoms. The summed E-state index contributed by atoms with van der Waals surface area (Å²) in [6.07, 6.45) is 42.5. The van der Waals surface area contributed by atoms with E-state index in [-0.39, 0.29) is 16.5 Å². The van der Waals surface area contributed by atoms with Gasteiger partial charge < -0.3 is 9.79 Å². The summed E-state index contributed by atoms with van der Waals surface area (Å²) in [6.45, 7) is 5.26. The van der Waals surface area contributed by atoms with Crippen LogP contribution in [0.4, 0.5) is 0 Å². The second-order valence-corrected chi connectivity index (χ2v) is 14.1. The van der Waals surface area contributed by atoms with Gasteiger partial charge in [-0.2, -0.15) is 0 Å². The largest absolute Gasteiger partial charge is 2.00 e. The third-order valence-corrected chi connectivity index (χ3v) is 9.18. The first-order chi connectivity index (χ1) is 21.5. The summed E-state index contributed by atoms with van der Waals surface area (Å²) >= 11 is 0. The molecule has 0 heterocycles. The van der Waals surface area contributed by atoms with Gasteiger partial charge in [-0.25, -0.2) is 0 Å². The summed E-state index contributed by atoms with van der Waals surface area (Å²) in [5, 5.41) is 0. The van der Waals surface area contributed by atoms with Crippen LogP contribution in [-0.2, 0) is 34.7 Å². The van der Waals surface area contributed by atoms with Gasteiger partial charge in [-0.3, -0.25) is 0 Å². The van der Waals surface area contributed by atoms with Crippen LogP contribution in [0.3, 0.4) is 0 Å². The molecule has 0 aliphatic carbocycles. The van der Waals surface area contributed by atoms with E-state index in [0.29, 0.717) is 13.2 Å². The minimum atomic E-state index is -2.64. The third-order valence-electron chi connectivity index (χ3n) is 8.39. The van der Waals surface area contributed by atoms with Crippen LogP contribution in [0.25, 0.3) is 0 Å². The quantitative estimate of drug-likeness (QED) is 0.0362. The molecular weight excluding hydrogens is 649 g/mol. The van der Waals surface area contributed by atoms with Crippen molar-refractivity contribution < 1.29 is 44.5 Å². The van der Waals surface area contributed by atoms with Crippen LogP contribution < -0.4 is 9.79 Å². The predicted molar refractivity (Wildman–Crippen MR) is 186 cm³/mol. The molecule has 0 fully saturated rings. The normalized spacial score (nSPS) is 11.6. The van der Waals surface area contributed by atoms with E-state index in [1.54, 1.807) is 0 Å². The Morgan fingerprint density at radius 2 is 0.489 bits per heavy atom. The van der Waals surface area contributed by atoms with Crippen LogP contribution in [-0.4, -0.2) is 13.2 Å². The zero-order valence-electron chi connectivity index (χ0n) is 29.7. The zero-order chi connectivity index (χ0) is 32.6. The van der Waals surface area contributed by atoms with Crippen LogP contribution in [0, 0.1) is 0 Å². The molecule has 272 valence electrons. The Kier molecular flexibility index (Phi) is 51.7. The second-order valence-electron chi connectivity index (χ2n) is 12.7. The van der Waals surface area contributed by atoms with Crippen molar-refractivity contribution in [2.75, 3.05) is 13.2 Å². The smallest absolute Gasteiger partial charge is 0.566 e. The van der Waals surface area contributed by atoms with Crippen LogP contribution in [0.5, 0.6) is 0 Å². The second kappa shape index (κ2) is 46.7. The summed E-state index contributed by atoms with van der Waals surface area (Å²) in [7, 11) is -5.29. The van der Waals surface area contributed by atoms with E-state index in [0.717, 1.165) is 25.7 Å². The molecule has 0 amide bonds. The fourth-order valence-corrected chi connectivity index (χ4v) is 6.13. The van der Waals surface area contributed by atoms with E-state index in [4.69, 9.17) is 0 Å². The summed E-state index contributed by atoms with van der Waals surface area (Å²) in [4.78, 5) is 20.3. The van der Waals surface area contributed by atoms with Gasteiger partial charge in [0.2, 0.25) is 0 Å². The molecule has 0 aliphatic heterocycles. The molecule has 0 aromatic carbocycles. The molecule has 0 radical (unpaired) electrons. The van der Waals surface area contributed by atoms with Crippen LogP contribution >= 0.6 is 16.5 Å². The number of hydrogen-bond acceptors (Lipinski definition) is 6. The molecule has 45 heavy (non-hydrogen) atoms. The molecule has 0 saturated heterocycles. The first kappa shape index (κ1) is 49.9. The van der Waals surface area contributed by atoms with Crippen molar-refractivity contribution in [1.82, 2.24) is 0 Å². The van der Waals surface area contributed by atoms with Crippen LogP contribution in [0.15, 0.2) is 0 Å². The van der Waals surface area contributed by atoms with Crippen molar-refractivity contribution in [1.29, 1.82) is 0 Å². The summed E-state index contributed by atoms with van der Waals surface area (Å²) in [5.74, 6) is 0. The van der Waals surface area contributed by atoms with Gasteiger partial charge in [0.15, 0.2) is 0 Å². The van der Waals surface area contributed by atoms with Crippen molar-refractivity contribution in [2.24, 2.45) is 0 Å². The Balaban J connectivity index is -0.000000767. The Hall–Kier alpha value is 0.534. The first-order valence-electron chi connectivity index (χ1n) is 19.1. The maximum Gasteiger partial charge on any atom is 2.00 e. The Morgan fingerprint density at radius 3 is 0.644 bits per heavy atom. The van der Waals surface area contributed by atoms with E-state index in [9.17, 15) is 18.9 Å². The van der Waals surface area contributed by atoms with Gasteiger partial charge >= 0.3 is 33.0 Å². The molecule has 2 atom stereocenters. The van der Waals surface area contributed by atoms with Gasteiger partial charge in [-0.15, -0.1) is 9.05 Å². The van der Waals surface area contributed by atoms with Gasteiger partial charge in [0.05, 0.1) is 0 Å². The van der Waals surface area contributed by atoms with Gasteiger partial charge in [0.1, 0.15) is 13.2 Å². The minimum absolute atomic E-state index is 0. The monoisotopic (exact) mass is 722 g/mol. The molecule has 0 N–H and O–H groups in total. The summed E-state index contributed by atoms with van der Waals surface area (Å²) in [6, 6.07) is 0. The van der Waals surface area contributed by atoms with Crippen molar-refractivity contribution >= 4 is 16.5 Å². The van der Waals surface area contributed by atoms with E-state index in [1.807, 2.05) is 0 Å². The first-order valence-corrected chi connectivity index (χ1v) is 21.3. The molecule has 9 heteroatoms. The molecule has 2 unspecified atom stereocenters. The standard InChI is InChI=1S/2C18H37O3P.Ni/c2*1-2-3-4-5-6-7-8-9-10-11-12-13-14-15-16-17-18-21-22(19)20;/h2*2-18H2,1H3;/q;;+2. The molecule has 0 aromatic rings. The van der Waals surface area contributed by atoms with Gasteiger partial charge in [-0.1, -0.05) is 206 Å². The fourth-order valence-electron chi connectivity index (χ4n) is 5.58. The Bertz CT molecular complexity index is 524. The van der Waals surface area contributed by atoms with Crippen molar-refractivity contribution in [2.45, 2.75) is 219 Å². The molecular formula is C36H74NiO6P2+2. The average Bonchev–Trinajstić information content (AvgIpc) is 3.00. The van der Waals surface area contributed by atoms with E-state index in [2.05, 4.69) is 22.9 Å². The Morgan fingerprint density at radius 1 is 0.333 bits per heavy atom. The molecule has 0 saturated carbocycles. The van der Waals surface area contributed by atoms with E-state index < -0.39 is 16.5 Å². The molecule has 0 rings (SSSR count). The molecule has 0 aromatic heterocycles. The average molecular weight is 724 g/mol. The molecule has 0 spiro atoms.